The average molecular weight is 223 g/mol. The highest BCUT2D eigenvalue weighted by molar-refractivity contribution is 5.76. The van der Waals surface area contributed by atoms with Gasteiger partial charge in [-0.3, -0.25) is 9.59 Å². The summed E-state index contributed by atoms with van der Waals surface area (Å²) >= 11 is 0. The minimum Gasteiger partial charge on any atom is -0.493 e. The number of rotatable bonds is 6. The molecule has 1 amide bonds. The first kappa shape index (κ1) is 12.0. The van der Waals surface area contributed by atoms with Crippen LogP contribution in [0.4, 0.5) is 0 Å². The molecule has 0 heterocycles. The molecule has 0 saturated carbocycles. The fourth-order valence-electron chi connectivity index (χ4n) is 1.14. The normalized spacial score (nSPS) is 9.56. The van der Waals surface area contributed by atoms with Crippen molar-refractivity contribution in [2.24, 2.45) is 5.73 Å². The quantitative estimate of drug-likeness (QED) is 0.722. The van der Waals surface area contributed by atoms with E-state index in [0.29, 0.717) is 23.3 Å². The maximum atomic E-state index is 10.6. The molecule has 0 aliphatic rings. The van der Waals surface area contributed by atoms with Crippen molar-refractivity contribution in [3.63, 3.8) is 0 Å². The zero-order valence-corrected chi connectivity index (χ0v) is 8.93. The predicted octanol–water partition coefficient (Wildman–Crippen LogP) is 0.762. The summed E-state index contributed by atoms with van der Waals surface area (Å²) in [5.41, 5.74) is 5.46. The summed E-state index contributed by atoms with van der Waals surface area (Å²) in [6, 6.07) is 4.79. The number of methoxy groups -OCH3 is 1. The number of carbonyl (C=O) groups is 2. The van der Waals surface area contributed by atoms with Gasteiger partial charge in [-0.1, -0.05) is 0 Å². The average Bonchev–Trinajstić information content (AvgIpc) is 2.28. The Labute approximate surface area is 93.1 Å². The minimum atomic E-state index is -0.439. The Morgan fingerprint density at radius 1 is 1.44 bits per heavy atom. The molecule has 2 N–H and O–H groups in total. The molecule has 1 aromatic rings. The van der Waals surface area contributed by atoms with Crippen molar-refractivity contribution in [1.82, 2.24) is 0 Å². The zero-order chi connectivity index (χ0) is 12.0. The van der Waals surface area contributed by atoms with Crippen molar-refractivity contribution in [2.75, 3.05) is 13.7 Å². The first-order valence-corrected chi connectivity index (χ1v) is 4.71. The van der Waals surface area contributed by atoms with E-state index in [1.807, 2.05) is 0 Å². The van der Waals surface area contributed by atoms with Crippen LogP contribution in [0.5, 0.6) is 11.5 Å². The van der Waals surface area contributed by atoms with Crippen LogP contribution >= 0.6 is 0 Å². The van der Waals surface area contributed by atoms with Crippen LogP contribution in [-0.4, -0.2) is 25.9 Å². The highest BCUT2D eigenvalue weighted by atomic mass is 16.5. The van der Waals surface area contributed by atoms with Crippen LogP contribution in [0.1, 0.15) is 16.8 Å². The van der Waals surface area contributed by atoms with Crippen molar-refractivity contribution in [3.8, 4) is 11.5 Å². The summed E-state index contributed by atoms with van der Waals surface area (Å²) in [7, 11) is 1.50. The number of aldehydes is 1. The van der Waals surface area contributed by atoms with Gasteiger partial charge in [-0.2, -0.15) is 0 Å². The molecule has 0 radical (unpaired) electrons. The van der Waals surface area contributed by atoms with Crippen molar-refractivity contribution < 1.29 is 19.1 Å². The van der Waals surface area contributed by atoms with Crippen molar-refractivity contribution in [2.45, 2.75) is 6.42 Å². The van der Waals surface area contributed by atoms with Gasteiger partial charge in [0.15, 0.2) is 11.5 Å². The van der Waals surface area contributed by atoms with Crippen molar-refractivity contribution in [1.29, 1.82) is 0 Å². The number of nitrogens with two attached hydrogens (primary N) is 1. The van der Waals surface area contributed by atoms with E-state index in [9.17, 15) is 9.59 Å². The van der Waals surface area contributed by atoms with Crippen LogP contribution in [-0.2, 0) is 4.79 Å². The molecule has 1 aromatic carbocycles. The summed E-state index contributed by atoms with van der Waals surface area (Å²) in [5, 5.41) is 0. The second-order valence-electron chi connectivity index (χ2n) is 3.09. The van der Waals surface area contributed by atoms with E-state index in [1.54, 1.807) is 18.2 Å². The molecule has 1 rings (SSSR count). The Morgan fingerprint density at radius 3 is 2.75 bits per heavy atom. The van der Waals surface area contributed by atoms with E-state index < -0.39 is 5.91 Å². The van der Waals surface area contributed by atoms with Gasteiger partial charge in [0.05, 0.1) is 20.1 Å². The summed E-state index contributed by atoms with van der Waals surface area (Å²) < 4.78 is 10.3. The Morgan fingerprint density at radius 2 is 2.19 bits per heavy atom. The van der Waals surface area contributed by atoms with Gasteiger partial charge >= 0.3 is 0 Å². The minimum absolute atomic E-state index is 0.120. The number of amides is 1. The number of hydrogen-bond donors (Lipinski definition) is 1. The monoisotopic (exact) mass is 223 g/mol. The van der Waals surface area contributed by atoms with Gasteiger partial charge in [-0.15, -0.1) is 0 Å². The molecule has 0 bridgehead atoms. The van der Waals surface area contributed by atoms with Crippen LogP contribution in [0, 0.1) is 0 Å². The lowest BCUT2D eigenvalue weighted by Crippen LogP contribution is -2.14. The Kier molecular flexibility index (Phi) is 4.32. The Hall–Kier alpha value is -2.04. The van der Waals surface area contributed by atoms with Crippen LogP contribution < -0.4 is 15.2 Å². The smallest absolute Gasteiger partial charge is 0.220 e. The summed E-state index contributed by atoms with van der Waals surface area (Å²) in [6.07, 6.45) is 0.828. The molecule has 86 valence electrons. The number of carbonyl (C=O) groups excluding carboxylic acids is 2. The first-order chi connectivity index (χ1) is 7.67. The SMILES string of the molecule is COc1ccc(C=O)cc1OCCC(N)=O. The van der Waals surface area contributed by atoms with Gasteiger partial charge in [0.25, 0.3) is 0 Å². The summed E-state index contributed by atoms with van der Waals surface area (Å²) in [6.45, 7) is 0.161. The number of hydrogen-bond acceptors (Lipinski definition) is 4. The highest BCUT2D eigenvalue weighted by Gasteiger charge is 2.06. The molecule has 0 spiro atoms. The van der Waals surface area contributed by atoms with E-state index in [2.05, 4.69) is 0 Å². The number of ether oxygens (including phenoxy) is 2. The second-order valence-corrected chi connectivity index (χ2v) is 3.09. The van der Waals surface area contributed by atoms with Crippen LogP contribution in [0.2, 0.25) is 0 Å². The molecular weight excluding hydrogens is 210 g/mol. The number of primary amides is 1. The Bertz CT molecular complexity index is 390. The van der Waals surface area contributed by atoms with E-state index in [4.69, 9.17) is 15.2 Å². The second kappa shape index (κ2) is 5.75. The van der Waals surface area contributed by atoms with Crippen molar-refractivity contribution in [3.05, 3.63) is 23.8 Å². The molecule has 0 aliphatic carbocycles. The standard InChI is InChI=1S/C11H13NO4/c1-15-9-3-2-8(7-13)6-10(9)16-5-4-11(12)14/h2-3,6-7H,4-5H2,1H3,(H2,12,14). The van der Waals surface area contributed by atoms with Crippen LogP contribution in [0.15, 0.2) is 18.2 Å². The lowest BCUT2D eigenvalue weighted by molar-refractivity contribution is -0.118. The zero-order valence-electron chi connectivity index (χ0n) is 8.93. The maximum Gasteiger partial charge on any atom is 0.220 e. The molecular formula is C11H13NO4. The van der Waals surface area contributed by atoms with E-state index in [0.717, 1.165) is 0 Å². The molecule has 16 heavy (non-hydrogen) atoms. The van der Waals surface area contributed by atoms with Gasteiger partial charge in [0.1, 0.15) is 6.29 Å². The molecule has 5 nitrogen and oxygen atoms in total. The molecule has 0 aliphatic heterocycles. The molecule has 0 unspecified atom stereocenters. The van der Waals surface area contributed by atoms with Gasteiger partial charge in [0, 0.05) is 5.56 Å². The fourth-order valence-corrected chi connectivity index (χ4v) is 1.14. The lowest BCUT2D eigenvalue weighted by Gasteiger charge is -2.10. The number of benzene rings is 1. The molecule has 0 aromatic heterocycles. The highest BCUT2D eigenvalue weighted by Crippen LogP contribution is 2.27. The third-order valence-corrected chi connectivity index (χ3v) is 1.93. The van der Waals surface area contributed by atoms with Crippen LogP contribution in [0.25, 0.3) is 0 Å². The van der Waals surface area contributed by atoms with E-state index >= 15 is 0 Å². The Balaban J connectivity index is 2.74. The topological polar surface area (TPSA) is 78.6 Å². The maximum absolute atomic E-state index is 10.6. The predicted molar refractivity (Wildman–Crippen MR) is 57.7 cm³/mol. The largest absolute Gasteiger partial charge is 0.493 e. The first-order valence-electron chi connectivity index (χ1n) is 4.71. The molecule has 0 fully saturated rings. The fraction of sp³-hybridized carbons (Fsp3) is 0.273. The van der Waals surface area contributed by atoms with Crippen molar-refractivity contribution >= 4 is 12.2 Å². The molecule has 0 saturated heterocycles. The van der Waals surface area contributed by atoms with Gasteiger partial charge < -0.3 is 15.2 Å². The third-order valence-electron chi connectivity index (χ3n) is 1.93. The molecule has 0 atom stereocenters. The lowest BCUT2D eigenvalue weighted by atomic mass is 10.2. The third kappa shape index (κ3) is 3.27. The summed E-state index contributed by atoms with van der Waals surface area (Å²) in [5.74, 6) is 0.494. The van der Waals surface area contributed by atoms with E-state index in [-0.39, 0.29) is 13.0 Å². The van der Waals surface area contributed by atoms with Gasteiger partial charge in [-0.05, 0) is 18.2 Å². The van der Waals surface area contributed by atoms with Gasteiger partial charge in [0.2, 0.25) is 5.91 Å². The van der Waals surface area contributed by atoms with Crippen LogP contribution in [0.3, 0.4) is 0 Å². The van der Waals surface area contributed by atoms with Gasteiger partial charge in [-0.25, -0.2) is 0 Å². The summed E-state index contributed by atoms with van der Waals surface area (Å²) in [4.78, 5) is 21.1. The van der Waals surface area contributed by atoms with E-state index in [1.165, 1.54) is 7.11 Å². The molecule has 5 heteroatoms.